The van der Waals surface area contributed by atoms with E-state index in [1.165, 1.54) is 24.4 Å². The van der Waals surface area contributed by atoms with Gasteiger partial charge >= 0.3 is 0 Å². The van der Waals surface area contributed by atoms with E-state index in [-0.39, 0.29) is 11.4 Å². The first-order chi connectivity index (χ1) is 8.16. The minimum atomic E-state index is -0.536. The first-order valence-corrected chi connectivity index (χ1v) is 4.58. The molecule has 2 N–H and O–H groups in total. The molecule has 0 aliphatic heterocycles. The van der Waals surface area contributed by atoms with Crippen molar-refractivity contribution in [3.8, 4) is 0 Å². The predicted octanol–water partition coefficient (Wildman–Crippen LogP) is 0.965. The average molecular weight is 233 g/mol. The third-order valence-electron chi connectivity index (χ3n) is 1.96. The molecular weight excluding hydrogens is 226 g/mol. The Hall–Kier alpha value is -2.77. The summed E-state index contributed by atoms with van der Waals surface area (Å²) < 4.78 is 0. The van der Waals surface area contributed by atoms with E-state index in [0.29, 0.717) is 5.69 Å². The summed E-state index contributed by atoms with van der Waals surface area (Å²) in [6, 6.07) is 5.63. The smallest absolute Gasteiger partial charge is 0.277 e. The van der Waals surface area contributed by atoms with Crippen molar-refractivity contribution in [2.75, 3.05) is 5.32 Å². The Balaban J connectivity index is 2.16. The average Bonchev–Trinajstić information content (AvgIpc) is 2.82. The second kappa shape index (κ2) is 4.39. The molecule has 1 heterocycles. The van der Waals surface area contributed by atoms with Gasteiger partial charge in [0.1, 0.15) is 0 Å². The Labute approximate surface area is 94.8 Å². The highest BCUT2D eigenvalue weighted by molar-refractivity contribution is 6.02. The SMILES string of the molecule is O=C(Nc1cccc([N+](=O)[O-])c1)c1cn[nH]n1. The first kappa shape index (κ1) is 10.7. The maximum absolute atomic E-state index is 11.6. The summed E-state index contributed by atoms with van der Waals surface area (Å²) in [6.07, 6.45) is 1.26. The van der Waals surface area contributed by atoms with Crippen LogP contribution >= 0.6 is 0 Å². The fourth-order valence-electron chi connectivity index (χ4n) is 1.20. The second-order valence-corrected chi connectivity index (χ2v) is 3.12. The van der Waals surface area contributed by atoms with Crippen molar-refractivity contribution in [1.29, 1.82) is 0 Å². The van der Waals surface area contributed by atoms with E-state index in [1.807, 2.05) is 0 Å². The zero-order chi connectivity index (χ0) is 12.3. The van der Waals surface area contributed by atoms with Crippen molar-refractivity contribution in [1.82, 2.24) is 15.4 Å². The number of hydrogen-bond donors (Lipinski definition) is 2. The molecule has 2 rings (SSSR count). The van der Waals surface area contributed by atoms with Gasteiger partial charge in [0.15, 0.2) is 5.69 Å². The zero-order valence-corrected chi connectivity index (χ0v) is 8.45. The van der Waals surface area contributed by atoms with Gasteiger partial charge in [-0.2, -0.15) is 15.4 Å². The van der Waals surface area contributed by atoms with E-state index < -0.39 is 10.8 Å². The number of nitrogens with one attached hydrogen (secondary N) is 2. The lowest BCUT2D eigenvalue weighted by atomic mass is 10.2. The lowest BCUT2D eigenvalue weighted by Crippen LogP contribution is -2.12. The summed E-state index contributed by atoms with van der Waals surface area (Å²) >= 11 is 0. The molecular formula is C9H7N5O3. The lowest BCUT2D eigenvalue weighted by Gasteiger charge is -2.01. The van der Waals surface area contributed by atoms with Gasteiger partial charge in [0.05, 0.1) is 11.1 Å². The maximum Gasteiger partial charge on any atom is 0.277 e. The van der Waals surface area contributed by atoms with Gasteiger partial charge in [0.25, 0.3) is 11.6 Å². The van der Waals surface area contributed by atoms with E-state index >= 15 is 0 Å². The molecule has 1 aromatic heterocycles. The van der Waals surface area contributed by atoms with Crippen LogP contribution in [0.3, 0.4) is 0 Å². The van der Waals surface area contributed by atoms with E-state index in [4.69, 9.17) is 0 Å². The number of nitro benzene ring substituents is 1. The van der Waals surface area contributed by atoms with Crippen LogP contribution in [0.1, 0.15) is 10.5 Å². The molecule has 0 atom stereocenters. The fourth-order valence-corrected chi connectivity index (χ4v) is 1.20. The van der Waals surface area contributed by atoms with Crippen LogP contribution in [0.15, 0.2) is 30.5 Å². The number of carbonyl (C=O) groups excluding carboxylic acids is 1. The number of hydrogen-bond acceptors (Lipinski definition) is 5. The molecule has 0 spiro atoms. The number of nitrogens with zero attached hydrogens (tertiary/aromatic N) is 3. The molecule has 8 heteroatoms. The number of aromatic amines is 1. The fraction of sp³-hybridized carbons (Fsp3) is 0. The van der Waals surface area contributed by atoms with Crippen LogP contribution in [0.5, 0.6) is 0 Å². The Morgan fingerprint density at radius 1 is 1.47 bits per heavy atom. The molecule has 8 nitrogen and oxygen atoms in total. The molecule has 0 saturated heterocycles. The maximum atomic E-state index is 11.6. The van der Waals surface area contributed by atoms with Gasteiger partial charge < -0.3 is 5.32 Å². The third kappa shape index (κ3) is 2.43. The Morgan fingerprint density at radius 2 is 2.29 bits per heavy atom. The highest BCUT2D eigenvalue weighted by atomic mass is 16.6. The van der Waals surface area contributed by atoms with Crippen molar-refractivity contribution in [3.05, 3.63) is 46.3 Å². The summed E-state index contributed by atoms with van der Waals surface area (Å²) in [4.78, 5) is 21.6. The number of aromatic nitrogens is 3. The molecule has 0 aliphatic carbocycles. The van der Waals surface area contributed by atoms with Gasteiger partial charge in [-0.15, -0.1) is 0 Å². The normalized spacial score (nSPS) is 9.88. The highest BCUT2D eigenvalue weighted by Crippen LogP contribution is 2.17. The molecule has 1 amide bonds. The largest absolute Gasteiger partial charge is 0.320 e. The van der Waals surface area contributed by atoms with E-state index in [0.717, 1.165) is 0 Å². The number of amides is 1. The molecule has 86 valence electrons. The van der Waals surface area contributed by atoms with E-state index in [1.54, 1.807) is 6.07 Å². The van der Waals surface area contributed by atoms with Crippen LogP contribution in [0, 0.1) is 10.1 Å². The standard InChI is InChI=1S/C9H7N5O3/c15-9(8-5-10-13-12-8)11-6-2-1-3-7(4-6)14(16)17/h1-5H,(H,11,15)(H,10,12,13). The molecule has 0 radical (unpaired) electrons. The van der Waals surface area contributed by atoms with Crippen molar-refractivity contribution >= 4 is 17.3 Å². The molecule has 1 aromatic carbocycles. The lowest BCUT2D eigenvalue weighted by molar-refractivity contribution is -0.384. The number of rotatable bonds is 3. The van der Waals surface area contributed by atoms with Crippen LogP contribution in [0.2, 0.25) is 0 Å². The van der Waals surface area contributed by atoms with E-state index in [9.17, 15) is 14.9 Å². The summed E-state index contributed by atoms with van der Waals surface area (Å²) in [5.74, 6) is -0.487. The van der Waals surface area contributed by atoms with Crippen LogP contribution in [0.25, 0.3) is 0 Å². The van der Waals surface area contributed by atoms with Gasteiger partial charge in [-0.3, -0.25) is 14.9 Å². The Bertz CT molecular complexity index is 552. The predicted molar refractivity (Wildman–Crippen MR) is 57.4 cm³/mol. The Kier molecular flexibility index (Phi) is 2.77. The molecule has 0 bridgehead atoms. The number of H-pyrrole nitrogens is 1. The molecule has 0 aliphatic rings. The summed E-state index contributed by atoms with van der Waals surface area (Å²) in [5.41, 5.74) is 0.339. The first-order valence-electron chi connectivity index (χ1n) is 4.58. The number of anilines is 1. The molecule has 2 aromatic rings. The highest BCUT2D eigenvalue weighted by Gasteiger charge is 2.11. The second-order valence-electron chi connectivity index (χ2n) is 3.12. The topological polar surface area (TPSA) is 114 Å². The molecule has 0 unspecified atom stereocenters. The van der Waals surface area contributed by atoms with Gasteiger partial charge in [-0.05, 0) is 6.07 Å². The van der Waals surface area contributed by atoms with Crippen LogP contribution < -0.4 is 5.32 Å². The number of non-ortho nitro benzene ring substituents is 1. The summed E-state index contributed by atoms with van der Waals surface area (Å²) in [6.45, 7) is 0. The monoisotopic (exact) mass is 233 g/mol. The van der Waals surface area contributed by atoms with Crippen molar-refractivity contribution in [2.45, 2.75) is 0 Å². The van der Waals surface area contributed by atoms with Crippen LogP contribution in [-0.2, 0) is 0 Å². The summed E-state index contributed by atoms with van der Waals surface area (Å²) in [5, 5.41) is 22.4. The van der Waals surface area contributed by atoms with Crippen molar-refractivity contribution < 1.29 is 9.72 Å². The van der Waals surface area contributed by atoms with E-state index in [2.05, 4.69) is 20.7 Å². The molecule has 17 heavy (non-hydrogen) atoms. The summed E-state index contributed by atoms with van der Waals surface area (Å²) in [7, 11) is 0. The Morgan fingerprint density at radius 3 is 2.94 bits per heavy atom. The minimum Gasteiger partial charge on any atom is -0.320 e. The van der Waals surface area contributed by atoms with Crippen molar-refractivity contribution in [3.63, 3.8) is 0 Å². The van der Waals surface area contributed by atoms with Gasteiger partial charge in [-0.25, -0.2) is 0 Å². The van der Waals surface area contributed by atoms with Gasteiger partial charge in [-0.1, -0.05) is 6.07 Å². The molecule has 0 fully saturated rings. The van der Waals surface area contributed by atoms with Gasteiger partial charge in [0, 0.05) is 17.8 Å². The minimum absolute atomic E-state index is 0.0945. The third-order valence-corrected chi connectivity index (χ3v) is 1.96. The van der Waals surface area contributed by atoms with Gasteiger partial charge in [0.2, 0.25) is 0 Å². The van der Waals surface area contributed by atoms with Crippen LogP contribution in [0.4, 0.5) is 11.4 Å². The van der Waals surface area contributed by atoms with Crippen LogP contribution in [-0.4, -0.2) is 26.2 Å². The number of benzene rings is 1. The number of nitro groups is 1. The zero-order valence-electron chi connectivity index (χ0n) is 8.45. The number of carbonyl (C=O) groups is 1. The molecule has 0 saturated carbocycles. The van der Waals surface area contributed by atoms with Crippen molar-refractivity contribution in [2.24, 2.45) is 0 Å². The quantitative estimate of drug-likeness (QED) is 0.605.